The van der Waals surface area contributed by atoms with E-state index < -0.39 is 0 Å². The Morgan fingerprint density at radius 1 is 0.852 bits per heavy atom. The highest BCUT2D eigenvalue weighted by Gasteiger charge is 2.07. The first-order valence-corrected chi connectivity index (χ1v) is 9.14. The lowest BCUT2D eigenvalue weighted by Crippen LogP contribution is -2.03. The Morgan fingerprint density at radius 3 is 2.26 bits per heavy atom. The van der Waals surface area contributed by atoms with E-state index in [0.29, 0.717) is 36.3 Å². The Bertz CT molecular complexity index is 866. The first-order valence-electron chi connectivity index (χ1n) is 8.76. The average Bonchev–Trinajstić information content (AvgIpc) is 2.68. The fourth-order valence-corrected chi connectivity index (χ4v) is 2.69. The molecule has 0 heterocycles. The van der Waals surface area contributed by atoms with Crippen LogP contribution in [-0.4, -0.2) is 6.61 Å². The number of halogens is 2. The first-order chi connectivity index (χ1) is 13.1. The number of anilines is 1. The van der Waals surface area contributed by atoms with Crippen LogP contribution in [0.2, 0.25) is 5.02 Å². The molecular formula is C22H21ClFNO2. The maximum atomic E-state index is 13.0. The first kappa shape index (κ1) is 19.1. The predicted molar refractivity (Wildman–Crippen MR) is 107 cm³/mol. The van der Waals surface area contributed by atoms with Gasteiger partial charge in [-0.3, -0.25) is 0 Å². The van der Waals surface area contributed by atoms with E-state index in [0.717, 1.165) is 16.8 Å². The van der Waals surface area contributed by atoms with E-state index in [1.807, 2.05) is 49.4 Å². The van der Waals surface area contributed by atoms with Gasteiger partial charge in [0.15, 0.2) is 11.5 Å². The van der Waals surface area contributed by atoms with Crippen molar-refractivity contribution in [3.8, 4) is 11.5 Å². The van der Waals surface area contributed by atoms with Gasteiger partial charge >= 0.3 is 0 Å². The van der Waals surface area contributed by atoms with Crippen molar-refractivity contribution in [2.45, 2.75) is 20.1 Å². The molecule has 5 heteroatoms. The molecule has 0 aliphatic rings. The smallest absolute Gasteiger partial charge is 0.161 e. The molecule has 3 aromatic rings. The molecule has 3 nitrogen and oxygen atoms in total. The van der Waals surface area contributed by atoms with E-state index in [4.69, 9.17) is 21.1 Å². The van der Waals surface area contributed by atoms with Crippen molar-refractivity contribution in [3.05, 3.63) is 88.7 Å². The van der Waals surface area contributed by atoms with Crippen LogP contribution in [-0.2, 0) is 13.2 Å². The summed E-state index contributed by atoms with van der Waals surface area (Å²) in [6, 6.07) is 19.7. The van der Waals surface area contributed by atoms with Gasteiger partial charge in [-0.15, -0.1) is 0 Å². The molecule has 0 aliphatic heterocycles. The summed E-state index contributed by atoms with van der Waals surface area (Å²) in [5, 5.41) is 3.97. The fraction of sp³-hybridized carbons (Fsp3) is 0.182. The molecule has 1 N–H and O–H groups in total. The van der Waals surface area contributed by atoms with Crippen LogP contribution in [0.4, 0.5) is 10.1 Å². The van der Waals surface area contributed by atoms with Gasteiger partial charge in [-0.2, -0.15) is 0 Å². The maximum absolute atomic E-state index is 13.0. The van der Waals surface area contributed by atoms with E-state index in [2.05, 4.69) is 5.32 Å². The van der Waals surface area contributed by atoms with Crippen LogP contribution in [0.25, 0.3) is 0 Å². The van der Waals surface area contributed by atoms with E-state index in [-0.39, 0.29) is 5.82 Å². The standard InChI is InChI=1S/C22H21ClFNO2/c1-2-26-22-13-17(14-25-20-10-8-19(24)9-11-20)5-12-21(22)27-15-16-3-6-18(23)7-4-16/h3-13,25H,2,14-15H2,1H3. The van der Waals surface area contributed by atoms with E-state index in [1.54, 1.807) is 12.1 Å². The van der Waals surface area contributed by atoms with Crippen molar-refractivity contribution in [2.24, 2.45) is 0 Å². The predicted octanol–water partition coefficient (Wildman–Crippen LogP) is 6.07. The zero-order valence-corrected chi connectivity index (χ0v) is 15.8. The third-order valence-corrected chi connectivity index (χ3v) is 4.21. The van der Waals surface area contributed by atoms with Crippen LogP contribution in [0.3, 0.4) is 0 Å². The summed E-state index contributed by atoms with van der Waals surface area (Å²) in [5.74, 6) is 1.14. The summed E-state index contributed by atoms with van der Waals surface area (Å²) >= 11 is 5.91. The summed E-state index contributed by atoms with van der Waals surface area (Å²) in [7, 11) is 0. The van der Waals surface area contributed by atoms with E-state index in [1.165, 1.54) is 12.1 Å². The summed E-state index contributed by atoms with van der Waals surface area (Å²) in [4.78, 5) is 0. The Balaban J connectivity index is 1.66. The van der Waals surface area contributed by atoms with Gasteiger partial charge in [-0.05, 0) is 66.6 Å². The largest absolute Gasteiger partial charge is 0.490 e. The van der Waals surface area contributed by atoms with E-state index >= 15 is 0 Å². The second-order valence-corrected chi connectivity index (χ2v) is 6.43. The molecule has 0 amide bonds. The van der Waals surface area contributed by atoms with Crippen molar-refractivity contribution >= 4 is 17.3 Å². The molecule has 0 aromatic heterocycles. The second kappa shape index (κ2) is 9.28. The second-order valence-electron chi connectivity index (χ2n) is 5.99. The molecule has 140 valence electrons. The minimum Gasteiger partial charge on any atom is -0.490 e. The van der Waals surface area contributed by atoms with Crippen molar-refractivity contribution < 1.29 is 13.9 Å². The topological polar surface area (TPSA) is 30.5 Å². The number of benzene rings is 3. The number of hydrogen-bond donors (Lipinski definition) is 1. The number of ether oxygens (including phenoxy) is 2. The zero-order valence-electron chi connectivity index (χ0n) is 15.0. The molecule has 0 atom stereocenters. The van der Waals surface area contributed by atoms with E-state index in [9.17, 15) is 4.39 Å². The molecule has 0 bridgehead atoms. The highest BCUT2D eigenvalue weighted by molar-refractivity contribution is 6.30. The third kappa shape index (κ3) is 5.63. The normalized spacial score (nSPS) is 10.5. The monoisotopic (exact) mass is 385 g/mol. The molecule has 3 aromatic carbocycles. The lowest BCUT2D eigenvalue weighted by atomic mass is 10.2. The quantitative estimate of drug-likeness (QED) is 0.510. The summed E-state index contributed by atoms with van der Waals surface area (Å²) in [6.07, 6.45) is 0. The lowest BCUT2D eigenvalue weighted by molar-refractivity contribution is 0.269. The van der Waals surface area contributed by atoms with Gasteiger partial charge < -0.3 is 14.8 Å². The van der Waals surface area contributed by atoms with Crippen molar-refractivity contribution in [3.63, 3.8) is 0 Å². The minimum atomic E-state index is -0.249. The molecule has 0 unspecified atom stereocenters. The molecule has 0 fully saturated rings. The molecule has 0 aliphatic carbocycles. The van der Waals surface area contributed by atoms with Crippen LogP contribution in [0.5, 0.6) is 11.5 Å². The van der Waals surface area contributed by atoms with Gasteiger partial charge in [0.1, 0.15) is 12.4 Å². The fourth-order valence-electron chi connectivity index (χ4n) is 2.56. The Kier molecular flexibility index (Phi) is 6.55. The highest BCUT2D eigenvalue weighted by atomic mass is 35.5. The summed E-state index contributed by atoms with van der Waals surface area (Å²) < 4.78 is 24.6. The molecule has 27 heavy (non-hydrogen) atoms. The average molecular weight is 386 g/mol. The number of hydrogen-bond acceptors (Lipinski definition) is 3. The molecule has 0 spiro atoms. The summed E-state index contributed by atoms with van der Waals surface area (Å²) in [6.45, 7) is 3.52. The SMILES string of the molecule is CCOc1cc(CNc2ccc(F)cc2)ccc1OCc1ccc(Cl)cc1. The molecule has 0 radical (unpaired) electrons. The Labute approximate surface area is 163 Å². The number of rotatable bonds is 8. The summed E-state index contributed by atoms with van der Waals surface area (Å²) in [5.41, 5.74) is 2.93. The van der Waals surface area contributed by atoms with Crippen molar-refractivity contribution in [2.75, 3.05) is 11.9 Å². The van der Waals surface area contributed by atoms with Crippen molar-refractivity contribution in [1.82, 2.24) is 0 Å². The van der Waals surface area contributed by atoms with Gasteiger partial charge in [0.25, 0.3) is 0 Å². The number of nitrogens with one attached hydrogen (secondary N) is 1. The minimum absolute atomic E-state index is 0.249. The lowest BCUT2D eigenvalue weighted by Gasteiger charge is -2.14. The molecule has 0 saturated carbocycles. The van der Waals surface area contributed by atoms with Gasteiger partial charge in [0.2, 0.25) is 0 Å². The van der Waals surface area contributed by atoms with Gasteiger partial charge in [-0.25, -0.2) is 4.39 Å². The van der Waals surface area contributed by atoms with Gasteiger partial charge in [-0.1, -0.05) is 29.8 Å². The van der Waals surface area contributed by atoms with Crippen LogP contribution < -0.4 is 14.8 Å². The maximum Gasteiger partial charge on any atom is 0.161 e. The van der Waals surface area contributed by atoms with Crippen molar-refractivity contribution in [1.29, 1.82) is 0 Å². The molecular weight excluding hydrogens is 365 g/mol. The molecule has 3 rings (SSSR count). The highest BCUT2D eigenvalue weighted by Crippen LogP contribution is 2.30. The van der Waals surface area contributed by atoms with Gasteiger partial charge in [0, 0.05) is 17.3 Å². The zero-order chi connectivity index (χ0) is 19.1. The van der Waals surface area contributed by atoms with Gasteiger partial charge in [0.05, 0.1) is 6.61 Å². The van der Waals surface area contributed by atoms with Crippen LogP contribution >= 0.6 is 11.6 Å². The van der Waals surface area contributed by atoms with Crippen LogP contribution in [0.1, 0.15) is 18.1 Å². The van der Waals surface area contributed by atoms with Crippen LogP contribution in [0.15, 0.2) is 66.7 Å². The Hall–Kier alpha value is -2.72. The van der Waals surface area contributed by atoms with Crippen LogP contribution in [0, 0.1) is 5.82 Å². The third-order valence-electron chi connectivity index (χ3n) is 3.96. The molecule has 0 saturated heterocycles. The Morgan fingerprint density at radius 2 is 1.56 bits per heavy atom.